The molecule has 2 aromatic rings. The molecule has 2 saturated carbocycles. The molecule has 4 rings (SSSR count). The normalized spacial score (nSPS) is 29.2. The fourth-order valence-electron chi connectivity index (χ4n) is 3.32. The van der Waals surface area contributed by atoms with E-state index in [0.29, 0.717) is 11.7 Å². The standard InChI is InChI=1S/C14H14N2O2/c17-9-4-1-3-8(7-9)13-15-14(18-16-13)12-10-5-2-6-11(10)12/h1,3-4,7,10-12,17H,2,5-6H2. The maximum absolute atomic E-state index is 9.45. The monoisotopic (exact) mass is 242 g/mol. The lowest BCUT2D eigenvalue weighted by atomic mass is 10.1. The van der Waals surface area contributed by atoms with Crippen molar-refractivity contribution in [3.8, 4) is 17.1 Å². The zero-order chi connectivity index (χ0) is 12.1. The van der Waals surface area contributed by atoms with Crippen LogP contribution in [0.5, 0.6) is 5.75 Å². The Hall–Kier alpha value is -1.84. The van der Waals surface area contributed by atoms with Gasteiger partial charge in [0, 0.05) is 11.5 Å². The first kappa shape index (κ1) is 10.1. The number of aromatic nitrogens is 2. The van der Waals surface area contributed by atoms with Gasteiger partial charge in [-0.25, -0.2) is 0 Å². The lowest BCUT2D eigenvalue weighted by Gasteiger charge is -1.96. The number of rotatable bonds is 2. The van der Waals surface area contributed by atoms with Crippen LogP contribution < -0.4 is 0 Å². The summed E-state index contributed by atoms with van der Waals surface area (Å²) in [7, 11) is 0. The fourth-order valence-corrected chi connectivity index (χ4v) is 3.32. The Morgan fingerprint density at radius 3 is 2.83 bits per heavy atom. The number of benzene rings is 1. The fraction of sp³-hybridized carbons (Fsp3) is 0.429. The molecule has 4 heteroatoms. The summed E-state index contributed by atoms with van der Waals surface area (Å²) in [6.07, 6.45) is 3.96. The molecular weight excluding hydrogens is 228 g/mol. The maximum atomic E-state index is 9.45. The van der Waals surface area contributed by atoms with Crippen molar-refractivity contribution in [1.29, 1.82) is 0 Å². The summed E-state index contributed by atoms with van der Waals surface area (Å²) in [5.74, 6) is 3.64. The second-order valence-corrected chi connectivity index (χ2v) is 5.29. The van der Waals surface area contributed by atoms with Gasteiger partial charge in [-0.3, -0.25) is 0 Å². The van der Waals surface area contributed by atoms with Gasteiger partial charge in [-0.2, -0.15) is 4.98 Å². The first-order valence-corrected chi connectivity index (χ1v) is 6.46. The minimum atomic E-state index is 0.224. The van der Waals surface area contributed by atoms with Gasteiger partial charge in [-0.05, 0) is 36.8 Å². The van der Waals surface area contributed by atoms with Crippen LogP contribution >= 0.6 is 0 Å². The number of hydrogen-bond acceptors (Lipinski definition) is 4. The number of aromatic hydroxyl groups is 1. The van der Waals surface area contributed by atoms with Crippen molar-refractivity contribution < 1.29 is 9.63 Å². The first-order valence-electron chi connectivity index (χ1n) is 6.46. The average molecular weight is 242 g/mol. The molecule has 1 aromatic heterocycles. The number of nitrogens with zero attached hydrogens (tertiary/aromatic N) is 2. The highest BCUT2D eigenvalue weighted by Crippen LogP contribution is 2.62. The van der Waals surface area contributed by atoms with E-state index >= 15 is 0 Å². The van der Waals surface area contributed by atoms with Crippen LogP contribution in [0.1, 0.15) is 31.1 Å². The summed E-state index contributed by atoms with van der Waals surface area (Å²) in [6, 6.07) is 6.95. The van der Waals surface area contributed by atoms with Gasteiger partial charge < -0.3 is 9.63 Å². The molecule has 18 heavy (non-hydrogen) atoms. The predicted octanol–water partition coefficient (Wildman–Crippen LogP) is 2.96. The van der Waals surface area contributed by atoms with Crippen molar-refractivity contribution in [2.75, 3.05) is 0 Å². The number of hydrogen-bond donors (Lipinski definition) is 1. The lowest BCUT2D eigenvalue weighted by Crippen LogP contribution is -1.88. The zero-order valence-electron chi connectivity index (χ0n) is 9.91. The Balaban J connectivity index is 1.62. The molecule has 2 aliphatic carbocycles. The number of phenolic OH excluding ortho intramolecular Hbond substituents is 1. The van der Waals surface area contributed by atoms with Crippen molar-refractivity contribution in [2.45, 2.75) is 25.2 Å². The van der Waals surface area contributed by atoms with Gasteiger partial charge in [-0.15, -0.1) is 0 Å². The summed E-state index contributed by atoms with van der Waals surface area (Å²) in [5.41, 5.74) is 0.802. The highest BCUT2D eigenvalue weighted by atomic mass is 16.5. The molecule has 1 N–H and O–H groups in total. The van der Waals surface area contributed by atoms with Crippen molar-refractivity contribution in [3.63, 3.8) is 0 Å². The number of phenols is 1. The van der Waals surface area contributed by atoms with E-state index in [-0.39, 0.29) is 5.75 Å². The van der Waals surface area contributed by atoms with Crippen molar-refractivity contribution in [2.24, 2.45) is 11.8 Å². The van der Waals surface area contributed by atoms with E-state index in [1.165, 1.54) is 19.3 Å². The third-order valence-electron chi connectivity index (χ3n) is 4.24. The Morgan fingerprint density at radius 1 is 1.22 bits per heavy atom. The van der Waals surface area contributed by atoms with E-state index in [4.69, 9.17) is 4.52 Å². The van der Waals surface area contributed by atoms with Gasteiger partial charge in [-0.1, -0.05) is 23.7 Å². The molecule has 1 heterocycles. The molecule has 2 fully saturated rings. The van der Waals surface area contributed by atoms with E-state index in [1.54, 1.807) is 18.2 Å². The van der Waals surface area contributed by atoms with Crippen molar-refractivity contribution in [1.82, 2.24) is 10.1 Å². The Bertz CT molecular complexity index is 583. The van der Waals surface area contributed by atoms with Crippen LogP contribution in [0.15, 0.2) is 28.8 Å². The van der Waals surface area contributed by atoms with Crippen molar-refractivity contribution >= 4 is 0 Å². The molecule has 1 aromatic carbocycles. The molecule has 0 amide bonds. The van der Waals surface area contributed by atoms with E-state index in [1.807, 2.05) is 6.07 Å². The van der Waals surface area contributed by atoms with Crippen LogP contribution in [0.4, 0.5) is 0 Å². The number of fused-ring (bicyclic) bond motifs is 1. The predicted molar refractivity (Wildman–Crippen MR) is 65.0 cm³/mol. The third kappa shape index (κ3) is 1.45. The van der Waals surface area contributed by atoms with E-state index < -0.39 is 0 Å². The minimum Gasteiger partial charge on any atom is -0.508 e. The zero-order valence-corrected chi connectivity index (χ0v) is 9.91. The van der Waals surface area contributed by atoms with Crippen molar-refractivity contribution in [3.05, 3.63) is 30.2 Å². The van der Waals surface area contributed by atoms with Crippen LogP contribution in [-0.4, -0.2) is 15.2 Å². The molecule has 2 unspecified atom stereocenters. The maximum Gasteiger partial charge on any atom is 0.230 e. The topological polar surface area (TPSA) is 59.2 Å². The Kier molecular flexibility index (Phi) is 2.01. The second-order valence-electron chi connectivity index (χ2n) is 5.29. The molecule has 4 nitrogen and oxygen atoms in total. The van der Waals surface area contributed by atoms with Crippen LogP contribution in [0.2, 0.25) is 0 Å². The van der Waals surface area contributed by atoms with E-state index in [2.05, 4.69) is 10.1 Å². The van der Waals surface area contributed by atoms with Crippen LogP contribution in [0.3, 0.4) is 0 Å². The largest absolute Gasteiger partial charge is 0.508 e. The molecule has 0 spiro atoms. The molecule has 2 atom stereocenters. The minimum absolute atomic E-state index is 0.224. The Morgan fingerprint density at radius 2 is 2.06 bits per heavy atom. The molecular formula is C14H14N2O2. The third-order valence-corrected chi connectivity index (χ3v) is 4.24. The van der Waals surface area contributed by atoms with Crippen LogP contribution in [0.25, 0.3) is 11.4 Å². The molecule has 0 bridgehead atoms. The van der Waals surface area contributed by atoms with Crippen LogP contribution in [-0.2, 0) is 0 Å². The van der Waals surface area contributed by atoms with Gasteiger partial charge in [0.25, 0.3) is 0 Å². The summed E-state index contributed by atoms with van der Waals surface area (Å²) in [5, 5.41) is 13.5. The summed E-state index contributed by atoms with van der Waals surface area (Å²) < 4.78 is 5.38. The van der Waals surface area contributed by atoms with Crippen LogP contribution in [0, 0.1) is 11.8 Å². The second kappa shape index (κ2) is 3.57. The quantitative estimate of drug-likeness (QED) is 0.879. The summed E-state index contributed by atoms with van der Waals surface area (Å²) in [6.45, 7) is 0. The van der Waals surface area contributed by atoms with Gasteiger partial charge >= 0.3 is 0 Å². The van der Waals surface area contributed by atoms with E-state index in [9.17, 15) is 5.11 Å². The molecule has 0 saturated heterocycles. The summed E-state index contributed by atoms with van der Waals surface area (Å²) >= 11 is 0. The van der Waals surface area contributed by atoms with Gasteiger partial charge in [0.1, 0.15) is 5.75 Å². The van der Waals surface area contributed by atoms with E-state index in [0.717, 1.165) is 23.3 Å². The molecule has 0 aliphatic heterocycles. The highest BCUT2D eigenvalue weighted by molar-refractivity contribution is 5.56. The molecule has 92 valence electrons. The van der Waals surface area contributed by atoms with Gasteiger partial charge in [0.15, 0.2) is 0 Å². The highest BCUT2D eigenvalue weighted by Gasteiger charge is 2.56. The van der Waals surface area contributed by atoms with Gasteiger partial charge in [0.05, 0.1) is 0 Å². The SMILES string of the molecule is Oc1cccc(-c2noc(C3C4CCCC43)n2)c1. The molecule has 2 aliphatic rings. The Labute approximate surface area is 105 Å². The summed E-state index contributed by atoms with van der Waals surface area (Å²) in [4.78, 5) is 4.48. The lowest BCUT2D eigenvalue weighted by molar-refractivity contribution is 0.368. The molecule has 0 radical (unpaired) electrons. The first-order chi connectivity index (χ1) is 8.83. The van der Waals surface area contributed by atoms with Gasteiger partial charge in [0.2, 0.25) is 11.7 Å². The smallest absolute Gasteiger partial charge is 0.230 e. The average Bonchev–Trinajstić information content (AvgIpc) is 2.82.